The van der Waals surface area contributed by atoms with E-state index in [9.17, 15) is 0 Å². The van der Waals surface area contributed by atoms with Crippen LogP contribution in [0.1, 0.15) is 49.1 Å². The van der Waals surface area contributed by atoms with Crippen molar-refractivity contribution >= 4 is 23.1 Å². The highest BCUT2D eigenvalue weighted by atomic mass is 32.1. The van der Waals surface area contributed by atoms with Crippen molar-refractivity contribution in [1.29, 1.82) is 0 Å². The first kappa shape index (κ1) is 15.1. The summed E-state index contributed by atoms with van der Waals surface area (Å²) in [6, 6.07) is 15.2. The SMILES string of the molecule is Cc1cc(C2CCCCC2)ccc1-c1ccc(N=C=S)cc1. The molecule has 1 aliphatic rings. The number of hydrogen-bond donors (Lipinski definition) is 0. The molecule has 1 saturated carbocycles. The minimum atomic E-state index is 0.765. The molecule has 2 aromatic rings. The van der Waals surface area contributed by atoms with Crippen LogP contribution in [0.4, 0.5) is 5.69 Å². The van der Waals surface area contributed by atoms with Gasteiger partial charge in [0.1, 0.15) is 0 Å². The average molecular weight is 307 g/mol. The predicted octanol–water partition coefficient (Wildman–Crippen LogP) is 6.44. The van der Waals surface area contributed by atoms with Crippen LogP contribution in [0.5, 0.6) is 0 Å². The fourth-order valence-electron chi connectivity index (χ4n) is 3.47. The minimum Gasteiger partial charge on any atom is -0.195 e. The van der Waals surface area contributed by atoms with E-state index in [-0.39, 0.29) is 0 Å². The molecule has 22 heavy (non-hydrogen) atoms. The van der Waals surface area contributed by atoms with Gasteiger partial charge in [0, 0.05) is 0 Å². The Kier molecular flexibility index (Phi) is 4.82. The zero-order chi connectivity index (χ0) is 15.4. The summed E-state index contributed by atoms with van der Waals surface area (Å²) >= 11 is 4.64. The Bertz CT molecular complexity index is 690. The Morgan fingerprint density at radius 2 is 1.73 bits per heavy atom. The minimum absolute atomic E-state index is 0.765. The second-order valence-electron chi connectivity index (χ2n) is 6.16. The average Bonchev–Trinajstić information content (AvgIpc) is 2.57. The van der Waals surface area contributed by atoms with Crippen LogP contribution in [-0.4, -0.2) is 5.16 Å². The van der Waals surface area contributed by atoms with Gasteiger partial charge in [-0.05, 0) is 72.3 Å². The molecule has 0 aliphatic heterocycles. The topological polar surface area (TPSA) is 12.4 Å². The Labute approximate surface area is 138 Å². The summed E-state index contributed by atoms with van der Waals surface area (Å²) in [4.78, 5) is 4.00. The van der Waals surface area contributed by atoms with Gasteiger partial charge in [-0.2, -0.15) is 4.99 Å². The third kappa shape index (κ3) is 3.35. The zero-order valence-corrected chi connectivity index (χ0v) is 13.8. The highest BCUT2D eigenvalue weighted by Crippen LogP contribution is 2.35. The van der Waals surface area contributed by atoms with Crippen LogP contribution in [0.2, 0.25) is 0 Å². The van der Waals surface area contributed by atoms with Gasteiger partial charge in [0.15, 0.2) is 0 Å². The van der Waals surface area contributed by atoms with E-state index in [1.165, 1.54) is 54.4 Å². The fourth-order valence-corrected chi connectivity index (χ4v) is 3.57. The first-order chi connectivity index (χ1) is 10.8. The van der Waals surface area contributed by atoms with Crippen LogP contribution in [0.15, 0.2) is 47.5 Å². The van der Waals surface area contributed by atoms with Gasteiger partial charge >= 0.3 is 0 Å². The van der Waals surface area contributed by atoms with Gasteiger partial charge < -0.3 is 0 Å². The maximum absolute atomic E-state index is 4.64. The number of nitrogens with zero attached hydrogens (tertiary/aromatic N) is 1. The molecule has 112 valence electrons. The molecule has 3 rings (SSSR count). The van der Waals surface area contributed by atoms with Crippen molar-refractivity contribution in [3.05, 3.63) is 53.6 Å². The first-order valence-corrected chi connectivity index (χ1v) is 8.47. The van der Waals surface area contributed by atoms with Gasteiger partial charge in [0.25, 0.3) is 0 Å². The largest absolute Gasteiger partial charge is 0.195 e. The second-order valence-corrected chi connectivity index (χ2v) is 6.34. The van der Waals surface area contributed by atoms with Crippen LogP contribution < -0.4 is 0 Å². The molecule has 0 spiro atoms. The molecule has 0 amide bonds. The van der Waals surface area contributed by atoms with Crippen LogP contribution >= 0.6 is 12.2 Å². The summed E-state index contributed by atoms with van der Waals surface area (Å²) in [6.45, 7) is 2.21. The van der Waals surface area contributed by atoms with E-state index in [0.717, 1.165) is 11.6 Å². The van der Waals surface area contributed by atoms with Gasteiger partial charge in [-0.1, -0.05) is 49.6 Å². The van der Waals surface area contributed by atoms with Gasteiger partial charge in [0.2, 0.25) is 0 Å². The van der Waals surface area contributed by atoms with Crippen molar-refractivity contribution in [1.82, 2.24) is 0 Å². The summed E-state index contributed by atoms with van der Waals surface area (Å²) in [6.07, 6.45) is 6.87. The monoisotopic (exact) mass is 307 g/mol. The van der Waals surface area contributed by atoms with E-state index in [2.05, 4.69) is 59.6 Å². The van der Waals surface area contributed by atoms with Crippen molar-refractivity contribution in [3.8, 4) is 11.1 Å². The van der Waals surface area contributed by atoms with Crippen LogP contribution in [0, 0.1) is 6.92 Å². The molecule has 1 fully saturated rings. The molecule has 1 nitrogen and oxygen atoms in total. The van der Waals surface area contributed by atoms with E-state index in [0.29, 0.717) is 0 Å². The normalized spacial score (nSPS) is 15.3. The van der Waals surface area contributed by atoms with E-state index < -0.39 is 0 Å². The highest BCUT2D eigenvalue weighted by Gasteiger charge is 2.16. The summed E-state index contributed by atoms with van der Waals surface area (Å²) in [5, 5.41) is 2.41. The molecule has 0 aromatic heterocycles. The number of rotatable bonds is 3. The zero-order valence-electron chi connectivity index (χ0n) is 13.0. The molecule has 0 bridgehead atoms. The van der Waals surface area contributed by atoms with E-state index >= 15 is 0 Å². The maximum atomic E-state index is 4.64. The van der Waals surface area contributed by atoms with Crippen molar-refractivity contribution in [3.63, 3.8) is 0 Å². The van der Waals surface area contributed by atoms with Crippen molar-refractivity contribution in [2.24, 2.45) is 4.99 Å². The molecular formula is C20H21NS. The summed E-state index contributed by atoms with van der Waals surface area (Å²) < 4.78 is 0. The first-order valence-electron chi connectivity index (χ1n) is 8.07. The molecule has 0 saturated heterocycles. The number of aryl methyl sites for hydroxylation is 1. The Balaban J connectivity index is 1.86. The molecule has 0 N–H and O–H groups in total. The van der Waals surface area contributed by atoms with E-state index in [1.807, 2.05) is 12.1 Å². The quantitative estimate of drug-likeness (QED) is 0.469. The lowest BCUT2D eigenvalue weighted by Crippen LogP contribution is -2.04. The maximum Gasteiger partial charge on any atom is 0.0739 e. The smallest absolute Gasteiger partial charge is 0.0739 e. The van der Waals surface area contributed by atoms with Crippen molar-refractivity contribution in [2.75, 3.05) is 0 Å². The lowest BCUT2D eigenvalue weighted by Gasteiger charge is -2.23. The fraction of sp³-hybridized carbons (Fsp3) is 0.350. The van der Waals surface area contributed by atoms with Crippen molar-refractivity contribution < 1.29 is 0 Å². The summed E-state index contributed by atoms with van der Waals surface area (Å²) in [5.74, 6) is 0.765. The van der Waals surface area contributed by atoms with Crippen LogP contribution in [-0.2, 0) is 0 Å². The molecule has 0 unspecified atom stereocenters. The predicted molar refractivity (Wildman–Crippen MR) is 97.1 cm³/mol. The lowest BCUT2D eigenvalue weighted by atomic mass is 9.83. The third-order valence-corrected chi connectivity index (χ3v) is 4.77. The highest BCUT2D eigenvalue weighted by molar-refractivity contribution is 7.78. The standard InChI is InChI=1S/C20H21NS/c1-15-13-18(16-5-3-2-4-6-16)9-12-20(15)17-7-10-19(11-8-17)21-14-22/h7-13,16H,2-6H2,1H3. The summed E-state index contributed by atoms with van der Waals surface area (Å²) in [7, 11) is 0. The third-order valence-electron chi connectivity index (χ3n) is 4.68. The van der Waals surface area contributed by atoms with Gasteiger partial charge in [-0.3, -0.25) is 0 Å². The number of aliphatic imine (C=N–C) groups is 1. The molecule has 0 atom stereocenters. The van der Waals surface area contributed by atoms with Gasteiger partial charge in [-0.15, -0.1) is 0 Å². The van der Waals surface area contributed by atoms with E-state index in [4.69, 9.17) is 0 Å². The Morgan fingerprint density at radius 3 is 2.36 bits per heavy atom. The number of hydrogen-bond acceptors (Lipinski definition) is 2. The van der Waals surface area contributed by atoms with Gasteiger partial charge in [-0.25, -0.2) is 0 Å². The molecule has 0 heterocycles. The number of benzene rings is 2. The lowest BCUT2D eigenvalue weighted by molar-refractivity contribution is 0.443. The molecule has 2 heteroatoms. The van der Waals surface area contributed by atoms with Crippen molar-refractivity contribution in [2.45, 2.75) is 44.9 Å². The number of isothiocyanates is 1. The molecule has 1 aliphatic carbocycles. The summed E-state index contributed by atoms with van der Waals surface area (Å²) in [5.41, 5.74) is 6.26. The number of thiocarbonyl (C=S) groups is 1. The Morgan fingerprint density at radius 1 is 1.00 bits per heavy atom. The molecule has 0 radical (unpaired) electrons. The van der Waals surface area contributed by atoms with E-state index in [1.54, 1.807) is 0 Å². The Hall–Kier alpha value is -1.76. The molecule has 2 aromatic carbocycles. The second kappa shape index (κ2) is 7.00. The van der Waals surface area contributed by atoms with Gasteiger partial charge in [0.05, 0.1) is 10.8 Å². The van der Waals surface area contributed by atoms with Crippen LogP contribution in [0.3, 0.4) is 0 Å². The molecular weight excluding hydrogens is 286 g/mol. The van der Waals surface area contributed by atoms with Crippen LogP contribution in [0.25, 0.3) is 11.1 Å².